The van der Waals surface area contributed by atoms with Gasteiger partial charge >= 0.3 is 0 Å². The molecule has 9 N–H and O–H groups in total. The Morgan fingerprint density at radius 2 is 0.969 bits per heavy atom. The topological polar surface area (TPSA) is 124 Å². The normalized spacial score (nSPS) is 9.03. The van der Waals surface area contributed by atoms with Gasteiger partial charge in [-0.05, 0) is 47.5 Å². The summed E-state index contributed by atoms with van der Waals surface area (Å²) in [5.41, 5.74) is 27.0. The Morgan fingerprint density at radius 1 is 0.531 bits per heavy atom. The second-order valence-electron chi connectivity index (χ2n) is 6.30. The van der Waals surface area contributed by atoms with Crippen molar-refractivity contribution in [2.75, 3.05) is 22.9 Å². The van der Waals surface area contributed by atoms with Gasteiger partial charge in [-0.15, -0.1) is 49.6 Å². The molecule has 0 spiro atoms. The second-order valence-corrected chi connectivity index (χ2v) is 6.71. The van der Waals surface area contributed by atoms with E-state index in [1.807, 2.05) is 48.5 Å². The molecule has 0 aromatic heterocycles. The number of aromatic hydroxyl groups is 1. The molecule has 0 aliphatic rings. The molecule has 0 unspecified atom stereocenters. The third-order valence-electron chi connectivity index (χ3n) is 4.35. The predicted octanol–water partition coefficient (Wildman–Crippen LogP) is 6.57. The molecule has 0 heterocycles. The van der Waals surface area contributed by atoms with Crippen molar-refractivity contribution in [3.8, 4) is 16.9 Å². The van der Waals surface area contributed by atoms with Crippen LogP contribution in [0.4, 0.5) is 22.7 Å². The van der Waals surface area contributed by atoms with Gasteiger partial charge in [-0.2, -0.15) is 0 Å². The molecule has 0 aliphatic heterocycles. The highest BCUT2D eigenvalue weighted by Crippen LogP contribution is 2.30. The van der Waals surface area contributed by atoms with E-state index in [1.165, 1.54) is 0 Å². The van der Waals surface area contributed by atoms with Crippen molar-refractivity contribution in [3.05, 3.63) is 77.8 Å². The van der Waals surface area contributed by atoms with Crippen LogP contribution in [0.1, 0.15) is 0 Å². The number of halogens is 5. The molecule has 4 aromatic carbocycles. The highest BCUT2D eigenvalue weighted by Gasteiger charge is 2.03. The number of nitrogens with two attached hydrogens (primary N) is 4. The molecule has 10 heteroatoms. The van der Waals surface area contributed by atoms with Crippen LogP contribution in [-0.4, -0.2) is 5.11 Å². The molecule has 0 saturated heterocycles. The summed E-state index contributed by atoms with van der Waals surface area (Å²) < 4.78 is 0. The van der Waals surface area contributed by atoms with Gasteiger partial charge in [0, 0.05) is 15.8 Å². The lowest BCUT2D eigenvalue weighted by molar-refractivity contribution is 0.481. The number of benzene rings is 4. The van der Waals surface area contributed by atoms with E-state index in [2.05, 4.69) is 0 Å². The molecule has 0 fully saturated rings. The van der Waals surface area contributed by atoms with Crippen LogP contribution < -0.4 is 22.9 Å². The lowest BCUT2D eigenvalue weighted by atomic mass is 10.0. The van der Waals surface area contributed by atoms with Crippen molar-refractivity contribution in [1.29, 1.82) is 0 Å². The molecular formula is C22H25Cl5N4O. The summed E-state index contributed by atoms with van der Waals surface area (Å²) in [5.74, 6) is 0.273. The second kappa shape index (κ2) is 13.9. The van der Waals surface area contributed by atoms with E-state index >= 15 is 0 Å². The average Bonchev–Trinajstić information content (AvgIpc) is 2.70. The summed E-state index contributed by atoms with van der Waals surface area (Å²) in [6.45, 7) is 0. The molecule has 4 aromatic rings. The van der Waals surface area contributed by atoms with Crippen molar-refractivity contribution in [2.45, 2.75) is 0 Å². The van der Waals surface area contributed by atoms with Gasteiger partial charge in [-0.1, -0.05) is 48.0 Å². The van der Waals surface area contributed by atoms with Crippen molar-refractivity contribution >= 4 is 94.8 Å². The Balaban J connectivity index is 0. The molecule has 0 radical (unpaired) electrons. The van der Waals surface area contributed by atoms with Gasteiger partial charge in [-0.25, -0.2) is 0 Å². The molecule has 0 aliphatic carbocycles. The van der Waals surface area contributed by atoms with Gasteiger partial charge in [0.25, 0.3) is 0 Å². The summed E-state index contributed by atoms with van der Waals surface area (Å²) in [4.78, 5) is 0. The average molecular weight is 539 g/mol. The van der Waals surface area contributed by atoms with E-state index in [1.54, 1.807) is 24.3 Å². The minimum absolute atomic E-state index is 0. The predicted molar refractivity (Wildman–Crippen MR) is 149 cm³/mol. The van der Waals surface area contributed by atoms with Gasteiger partial charge < -0.3 is 28.0 Å². The largest absolute Gasteiger partial charge is 0.507 e. The van der Waals surface area contributed by atoms with Gasteiger partial charge in [0.05, 0.1) is 22.7 Å². The van der Waals surface area contributed by atoms with Gasteiger partial charge in [0.15, 0.2) is 0 Å². The summed E-state index contributed by atoms with van der Waals surface area (Å²) in [7, 11) is 0. The number of fused-ring (bicyclic) bond motifs is 1. The number of phenols is 1. The number of nitrogen functional groups attached to an aromatic ring is 4. The monoisotopic (exact) mass is 536 g/mol. The van der Waals surface area contributed by atoms with Crippen LogP contribution in [0.15, 0.2) is 72.8 Å². The van der Waals surface area contributed by atoms with E-state index in [0.29, 0.717) is 27.8 Å². The highest BCUT2D eigenvalue weighted by molar-refractivity contribution is 6.35. The standard InChI is InChI=1S/C12H14N4.C10H7ClO.4ClH/c13-9-3-1-7(5-11(9)15)8-2-4-10(14)12(16)6-8;11-9-5-6-10(12)8-4-2-1-3-7(8)9;;;;/h1-6H,13-16H2;1-6,12H;4*1H. The van der Waals surface area contributed by atoms with Crippen LogP contribution in [0.3, 0.4) is 0 Å². The molecular weight excluding hydrogens is 514 g/mol. The Bertz CT molecular complexity index is 1070. The minimum Gasteiger partial charge on any atom is -0.507 e. The molecule has 0 amide bonds. The van der Waals surface area contributed by atoms with Crippen LogP contribution in [0, 0.1) is 0 Å². The van der Waals surface area contributed by atoms with Crippen LogP contribution in [0.25, 0.3) is 21.9 Å². The van der Waals surface area contributed by atoms with Crippen molar-refractivity contribution in [2.24, 2.45) is 0 Å². The number of anilines is 4. The molecule has 174 valence electrons. The molecule has 0 bridgehead atoms. The first-order valence-corrected chi connectivity index (χ1v) is 8.91. The summed E-state index contributed by atoms with van der Waals surface area (Å²) in [5, 5.41) is 11.8. The zero-order valence-corrected chi connectivity index (χ0v) is 20.7. The van der Waals surface area contributed by atoms with Crippen molar-refractivity contribution < 1.29 is 5.11 Å². The maximum Gasteiger partial charge on any atom is 0.123 e. The Hall–Kier alpha value is -2.41. The van der Waals surface area contributed by atoms with Crippen molar-refractivity contribution in [1.82, 2.24) is 0 Å². The van der Waals surface area contributed by atoms with Crippen LogP contribution in [-0.2, 0) is 0 Å². The minimum atomic E-state index is 0. The fraction of sp³-hybridized carbons (Fsp3) is 0. The maximum absolute atomic E-state index is 9.44. The third-order valence-corrected chi connectivity index (χ3v) is 4.68. The number of rotatable bonds is 1. The fourth-order valence-electron chi connectivity index (χ4n) is 2.76. The fourth-order valence-corrected chi connectivity index (χ4v) is 2.98. The zero-order valence-electron chi connectivity index (χ0n) is 16.7. The molecule has 0 saturated carbocycles. The summed E-state index contributed by atoms with van der Waals surface area (Å²) >= 11 is 5.92. The lowest BCUT2D eigenvalue weighted by Crippen LogP contribution is -1.96. The smallest absolute Gasteiger partial charge is 0.123 e. The maximum atomic E-state index is 9.44. The van der Waals surface area contributed by atoms with Gasteiger partial charge in [0.2, 0.25) is 0 Å². The van der Waals surface area contributed by atoms with Crippen LogP contribution in [0.2, 0.25) is 5.02 Å². The van der Waals surface area contributed by atoms with E-state index < -0.39 is 0 Å². The Morgan fingerprint density at radius 3 is 1.38 bits per heavy atom. The van der Waals surface area contributed by atoms with Crippen LogP contribution in [0.5, 0.6) is 5.75 Å². The van der Waals surface area contributed by atoms with E-state index in [-0.39, 0.29) is 55.4 Å². The van der Waals surface area contributed by atoms with E-state index in [0.717, 1.165) is 21.9 Å². The first-order valence-electron chi connectivity index (χ1n) is 8.53. The SMILES string of the molecule is Cl.Cl.Cl.Cl.Nc1ccc(-c2ccc(N)c(N)c2)cc1N.Oc1ccc(Cl)c2ccccc12. The quantitative estimate of drug-likeness (QED) is 0.175. The first kappa shape index (κ1) is 31.8. The van der Waals surface area contributed by atoms with Gasteiger partial charge in [-0.3, -0.25) is 0 Å². The summed E-state index contributed by atoms with van der Waals surface area (Å²) in [6, 6.07) is 21.8. The summed E-state index contributed by atoms with van der Waals surface area (Å²) in [6.07, 6.45) is 0. The number of hydrogen-bond donors (Lipinski definition) is 5. The lowest BCUT2D eigenvalue weighted by Gasteiger charge is -2.07. The van der Waals surface area contributed by atoms with Crippen LogP contribution >= 0.6 is 61.2 Å². The first-order chi connectivity index (χ1) is 13.4. The van der Waals surface area contributed by atoms with Crippen molar-refractivity contribution in [3.63, 3.8) is 0 Å². The Labute approximate surface area is 216 Å². The third kappa shape index (κ3) is 7.33. The number of phenolic OH excluding ortho intramolecular Hbond substituents is 1. The zero-order chi connectivity index (χ0) is 20.3. The number of hydrogen-bond acceptors (Lipinski definition) is 5. The van der Waals surface area contributed by atoms with E-state index in [9.17, 15) is 5.11 Å². The highest BCUT2D eigenvalue weighted by atomic mass is 35.5. The van der Waals surface area contributed by atoms with E-state index in [4.69, 9.17) is 34.5 Å². The van der Waals surface area contributed by atoms with Gasteiger partial charge in [0.1, 0.15) is 5.75 Å². The Kier molecular flexibility index (Phi) is 13.8. The molecule has 32 heavy (non-hydrogen) atoms. The molecule has 5 nitrogen and oxygen atoms in total. The molecule has 4 rings (SSSR count). The molecule has 0 atom stereocenters.